The molecular formula is C28H35ClN2O6. The molecule has 37 heavy (non-hydrogen) atoms. The zero-order valence-corrected chi connectivity index (χ0v) is 22.5. The number of ether oxygens (including phenoxy) is 3. The van der Waals surface area contributed by atoms with E-state index in [0.717, 1.165) is 5.56 Å². The third kappa shape index (κ3) is 7.69. The standard InChI is InChI=1S/C28H35ClN2O6/c1-19-28(15-14-24(33)37-27(2,3)4,26(34)30-18-21-8-5-6-9-23(21)29)31-25(36-19)20-10-12-22(13-11-20)35-17-7-16-32/h5-6,8-13,19,32H,7,14-18H2,1-4H3,(H,30,34)/t19-,28-/m1/s1. The van der Waals surface area contributed by atoms with Gasteiger partial charge in [0.2, 0.25) is 5.90 Å². The van der Waals surface area contributed by atoms with E-state index < -0.39 is 23.2 Å². The molecule has 1 aliphatic heterocycles. The van der Waals surface area contributed by atoms with Gasteiger partial charge in [0, 0.05) is 36.6 Å². The quantitative estimate of drug-likeness (QED) is 0.328. The minimum atomic E-state index is -1.33. The van der Waals surface area contributed by atoms with Crippen molar-refractivity contribution >= 4 is 29.4 Å². The van der Waals surface area contributed by atoms with E-state index in [0.29, 0.717) is 35.3 Å². The van der Waals surface area contributed by atoms with Crippen LogP contribution in [0.5, 0.6) is 5.75 Å². The van der Waals surface area contributed by atoms with Crippen molar-refractivity contribution < 1.29 is 28.9 Å². The van der Waals surface area contributed by atoms with Crippen LogP contribution in [0.3, 0.4) is 0 Å². The number of benzene rings is 2. The molecule has 2 atom stereocenters. The van der Waals surface area contributed by atoms with Crippen molar-refractivity contribution in [3.05, 3.63) is 64.7 Å². The smallest absolute Gasteiger partial charge is 0.306 e. The van der Waals surface area contributed by atoms with Gasteiger partial charge in [-0.1, -0.05) is 29.8 Å². The largest absolute Gasteiger partial charge is 0.494 e. The number of halogens is 1. The van der Waals surface area contributed by atoms with Gasteiger partial charge in [-0.3, -0.25) is 9.59 Å². The molecule has 0 radical (unpaired) electrons. The van der Waals surface area contributed by atoms with Crippen LogP contribution in [0.1, 0.15) is 58.1 Å². The monoisotopic (exact) mass is 530 g/mol. The highest BCUT2D eigenvalue weighted by Gasteiger charge is 2.50. The van der Waals surface area contributed by atoms with Crippen molar-refractivity contribution in [1.82, 2.24) is 5.32 Å². The minimum Gasteiger partial charge on any atom is -0.494 e. The molecule has 0 bridgehead atoms. The van der Waals surface area contributed by atoms with Crippen molar-refractivity contribution in [2.75, 3.05) is 13.2 Å². The molecule has 0 fully saturated rings. The Labute approximate surface area is 223 Å². The maximum atomic E-state index is 13.6. The number of esters is 1. The van der Waals surface area contributed by atoms with Gasteiger partial charge in [-0.05, 0) is 70.0 Å². The van der Waals surface area contributed by atoms with Gasteiger partial charge in [-0.15, -0.1) is 0 Å². The van der Waals surface area contributed by atoms with E-state index in [2.05, 4.69) is 5.32 Å². The molecule has 2 N–H and O–H groups in total. The number of rotatable bonds is 11. The third-order valence-electron chi connectivity index (χ3n) is 5.86. The SMILES string of the molecule is C[C@H]1OC(c2ccc(OCCCO)cc2)=N[C@@]1(CCC(=O)OC(C)(C)C)C(=O)NCc1ccccc1Cl. The molecule has 2 aromatic rings. The van der Waals surface area contributed by atoms with E-state index in [1.165, 1.54) is 0 Å². The van der Waals surface area contributed by atoms with E-state index in [4.69, 9.17) is 35.9 Å². The number of amides is 1. The van der Waals surface area contributed by atoms with E-state index in [1.54, 1.807) is 58.0 Å². The molecule has 8 nitrogen and oxygen atoms in total. The number of nitrogens with one attached hydrogen (secondary N) is 1. The normalized spacial score (nSPS) is 19.1. The Balaban J connectivity index is 1.83. The van der Waals surface area contributed by atoms with E-state index >= 15 is 0 Å². The zero-order valence-electron chi connectivity index (χ0n) is 21.8. The second-order valence-corrected chi connectivity index (χ2v) is 10.3. The fraction of sp³-hybridized carbons (Fsp3) is 0.464. The van der Waals surface area contributed by atoms with Crippen LogP contribution in [-0.2, 0) is 25.6 Å². The first-order chi connectivity index (χ1) is 17.5. The molecule has 0 saturated carbocycles. The fourth-order valence-corrected chi connectivity index (χ4v) is 4.11. The lowest BCUT2D eigenvalue weighted by atomic mass is 9.87. The van der Waals surface area contributed by atoms with Gasteiger partial charge < -0.3 is 24.6 Å². The molecule has 1 amide bonds. The summed E-state index contributed by atoms with van der Waals surface area (Å²) >= 11 is 6.26. The predicted molar refractivity (Wildman–Crippen MR) is 142 cm³/mol. The van der Waals surface area contributed by atoms with Crippen LogP contribution in [0.15, 0.2) is 53.5 Å². The summed E-state index contributed by atoms with van der Waals surface area (Å²) in [6, 6.07) is 14.4. The molecule has 0 saturated heterocycles. The Hall–Kier alpha value is -3.10. The third-order valence-corrected chi connectivity index (χ3v) is 6.22. The summed E-state index contributed by atoms with van der Waals surface area (Å²) in [6.07, 6.45) is 0.0254. The first-order valence-corrected chi connectivity index (χ1v) is 12.8. The van der Waals surface area contributed by atoms with Crippen LogP contribution in [0, 0.1) is 0 Å². The zero-order chi connectivity index (χ0) is 27.1. The van der Waals surface area contributed by atoms with Gasteiger partial charge in [0.15, 0.2) is 5.54 Å². The van der Waals surface area contributed by atoms with Crippen molar-refractivity contribution in [2.24, 2.45) is 4.99 Å². The molecule has 2 aromatic carbocycles. The van der Waals surface area contributed by atoms with Gasteiger partial charge in [-0.25, -0.2) is 4.99 Å². The van der Waals surface area contributed by atoms with Crippen LogP contribution in [-0.4, -0.2) is 53.3 Å². The number of hydrogen-bond acceptors (Lipinski definition) is 7. The number of carbonyl (C=O) groups excluding carboxylic acids is 2. The molecule has 1 aliphatic rings. The summed E-state index contributed by atoms with van der Waals surface area (Å²) in [5.41, 5.74) is -0.514. The molecular weight excluding hydrogens is 496 g/mol. The van der Waals surface area contributed by atoms with Gasteiger partial charge in [0.1, 0.15) is 17.5 Å². The van der Waals surface area contributed by atoms with Crippen molar-refractivity contribution in [1.29, 1.82) is 0 Å². The second kappa shape index (κ2) is 12.4. The number of hydrogen-bond donors (Lipinski definition) is 2. The summed E-state index contributed by atoms with van der Waals surface area (Å²) in [6.45, 7) is 7.84. The first kappa shape index (κ1) is 28.5. The molecule has 200 valence electrons. The number of aliphatic hydroxyl groups is 1. The number of aliphatic hydroxyl groups excluding tert-OH is 1. The molecule has 9 heteroatoms. The lowest BCUT2D eigenvalue weighted by Gasteiger charge is -2.28. The minimum absolute atomic E-state index is 0.00109. The van der Waals surface area contributed by atoms with Crippen molar-refractivity contribution in [2.45, 2.75) is 70.7 Å². The summed E-state index contributed by atoms with van der Waals surface area (Å²) in [5.74, 6) is 0.192. The van der Waals surface area contributed by atoms with Crippen LogP contribution < -0.4 is 10.1 Å². The molecule has 0 spiro atoms. The van der Waals surface area contributed by atoms with E-state index in [-0.39, 0.29) is 31.9 Å². The molecule has 0 aliphatic carbocycles. The average molecular weight is 531 g/mol. The summed E-state index contributed by atoms with van der Waals surface area (Å²) < 4.78 is 17.1. The lowest BCUT2D eigenvalue weighted by molar-refractivity contribution is -0.155. The maximum absolute atomic E-state index is 13.6. The Bertz CT molecular complexity index is 1110. The Morgan fingerprint density at radius 3 is 2.51 bits per heavy atom. The Morgan fingerprint density at radius 1 is 1.16 bits per heavy atom. The number of aliphatic imine (C=N–C) groups is 1. The Kier molecular flexibility index (Phi) is 9.56. The van der Waals surface area contributed by atoms with Crippen LogP contribution in [0.2, 0.25) is 5.02 Å². The molecule has 1 heterocycles. The molecule has 3 rings (SSSR count). The number of nitrogens with zero attached hydrogens (tertiary/aromatic N) is 1. The van der Waals surface area contributed by atoms with Crippen LogP contribution in [0.25, 0.3) is 0 Å². The van der Waals surface area contributed by atoms with Crippen molar-refractivity contribution in [3.63, 3.8) is 0 Å². The first-order valence-electron chi connectivity index (χ1n) is 12.4. The summed E-state index contributed by atoms with van der Waals surface area (Å²) in [4.78, 5) is 30.9. The van der Waals surface area contributed by atoms with E-state index in [1.807, 2.05) is 18.2 Å². The fourth-order valence-electron chi connectivity index (χ4n) is 3.91. The Morgan fingerprint density at radius 2 is 1.86 bits per heavy atom. The van der Waals surface area contributed by atoms with Gasteiger partial charge in [0.05, 0.1) is 6.61 Å². The predicted octanol–water partition coefficient (Wildman–Crippen LogP) is 4.44. The van der Waals surface area contributed by atoms with Gasteiger partial charge in [0.25, 0.3) is 5.91 Å². The van der Waals surface area contributed by atoms with Crippen LogP contribution in [0.4, 0.5) is 0 Å². The topological polar surface area (TPSA) is 106 Å². The van der Waals surface area contributed by atoms with Crippen LogP contribution >= 0.6 is 11.6 Å². The number of carbonyl (C=O) groups is 2. The average Bonchev–Trinajstić information content (AvgIpc) is 3.19. The second-order valence-electron chi connectivity index (χ2n) is 9.91. The van der Waals surface area contributed by atoms with Gasteiger partial charge >= 0.3 is 5.97 Å². The molecule has 0 aromatic heterocycles. The highest BCUT2D eigenvalue weighted by atomic mass is 35.5. The van der Waals surface area contributed by atoms with Gasteiger partial charge in [-0.2, -0.15) is 0 Å². The molecule has 0 unspecified atom stereocenters. The lowest BCUT2D eigenvalue weighted by Crippen LogP contribution is -2.51. The van der Waals surface area contributed by atoms with Crippen molar-refractivity contribution in [3.8, 4) is 5.75 Å². The highest BCUT2D eigenvalue weighted by Crippen LogP contribution is 2.34. The van der Waals surface area contributed by atoms with E-state index in [9.17, 15) is 9.59 Å². The summed E-state index contributed by atoms with van der Waals surface area (Å²) in [5, 5.41) is 12.4. The maximum Gasteiger partial charge on any atom is 0.306 e. The summed E-state index contributed by atoms with van der Waals surface area (Å²) in [7, 11) is 0. The highest BCUT2D eigenvalue weighted by molar-refractivity contribution is 6.31.